The van der Waals surface area contributed by atoms with Crippen molar-refractivity contribution in [3.63, 3.8) is 0 Å². The molecule has 2 rings (SSSR count). The topological polar surface area (TPSA) is 72.0 Å². The Kier molecular flexibility index (Phi) is 3.98. The lowest BCUT2D eigenvalue weighted by Crippen LogP contribution is -2.23. The number of nitrogens with one attached hydrogen (secondary N) is 1. The molecule has 5 nitrogen and oxygen atoms in total. The van der Waals surface area contributed by atoms with Crippen molar-refractivity contribution in [3.05, 3.63) is 63.3 Å². The number of rotatable bonds is 3. The zero-order chi connectivity index (χ0) is 14.7. The maximum Gasteiger partial charge on any atom is 0.344 e. The molecule has 0 radical (unpaired) electrons. The minimum atomic E-state index is -0.637. The summed E-state index contributed by atoms with van der Waals surface area (Å²) in [5.74, 6) is -0.637. The van der Waals surface area contributed by atoms with Crippen LogP contribution in [0.2, 0.25) is 0 Å². The van der Waals surface area contributed by atoms with Crippen LogP contribution in [0.4, 0.5) is 0 Å². The van der Waals surface area contributed by atoms with Crippen LogP contribution in [0, 0.1) is 13.8 Å². The molecular formula is C15H16N2O3. The average Bonchev–Trinajstić information content (AvgIpc) is 2.38. The number of carbonyl (C=O) groups excluding carboxylic acids is 1. The van der Waals surface area contributed by atoms with E-state index in [2.05, 4.69) is 9.97 Å². The molecule has 2 aromatic heterocycles. The van der Waals surface area contributed by atoms with E-state index in [0.717, 1.165) is 0 Å². The fraction of sp³-hybridized carbons (Fsp3) is 0.267. The lowest BCUT2D eigenvalue weighted by molar-refractivity contribution is 0.0326. The van der Waals surface area contributed by atoms with Gasteiger partial charge in [-0.3, -0.25) is 9.78 Å². The van der Waals surface area contributed by atoms with Crippen molar-refractivity contribution in [2.75, 3.05) is 0 Å². The van der Waals surface area contributed by atoms with Crippen molar-refractivity contribution in [1.29, 1.82) is 0 Å². The first-order valence-corrected chi connectivity index (χ1v) is 6.31. The fourth-order valence-electron chi connectivity index (χ4n) is 2.00. The molecule has 0 aliphatic rings. The number of aromatic amines is 1. The zero-order valence-corrected chi connectivity index (χ0v) is 11.6. The van der Waals surface area contributed by atoms with Crippen LogP contribution in [0.15, 0.2) is 35.3 Å². The minimum Gasteiger partial charge on any atom is -0.452 e. The smallest absolute Gasteiger partial charge is 0.344 e. The van der Waals surface area contributed by atoms with Gasteiger partial charge in [0.05, 0.1) is 5.69 Å². The van der Waals surface area contributed by atoms with E-state index < -0.39 is 17.6 Å². The summed E-state index contributed by atoms with van der Waals surface area (Å²) in [5.41, 5.74) is 1.56. The Labute approximate surface area is 116 Å². The summed E-state index contributed by atoms with van der Waals surface area (Å²) in [6.45, 7) is 5.20. The third-order valence-electron chi connectivity index (χ3n) is 2.96. The Morgan fingerprint density at radius 2 is 2.10 bits per heavy atom. The van der Waals surface area contributed by atoms with Crippen molar-refractivity contribution < 1.29 is 9.53 Å². The van der Waals surface area contributed by atoms with Crippen LogP contribution in [-0.4, -0.2) is 15.9 Å². The number of carbonyl (C=O) groups is 1. The lowest BCUT2D eigenvalue weighted by atomic mass is 10.1. The van der Waals surface area contributed by atoms with Gasteiger partial charge in [-0.2, -0.15) is 0 Å². The number of aryl methyl sites for hydroxylation is 2. The Hall–Kier alpha value is -2.43. The van der Waals surface area contributed by atoms with E-state index in [4.69, 9.17) is 4.74 Å². The van der Waals surface area contributed by atoms with E-state index in [1.165, 1.54) is 0 Å². The van der Waals surface area contributed by atoms with Gasteiger partial charge in [0.25, 0.3) is 5.56 Å². The standard InChI is InChI=1S/C15H16N2O3/c1-9-8-10(2)17-14(18)13(9)15(19)20-11(3)12-6-4-5-7-16-12/h4-8,11H,1-3H3,(H,17,18). The van der Waals surface area contributed by atoms with Crippen LogP contribution in [0.1, 0.15) is 40.3 Å². The van der Waals surface area contributed by atoms with Crippen LogP contribution >= 0.6 is 0 Å². The molecule has 0 aliphatic carbocycles. The Morgan fingerprint density at radius 3 is 2.70 bits per heavy atom. The minimum absolute atomic E-state index is 0.0402. The summed E-state index contributed by atoms with van der Waals surface area (Å²) in [4.78, 5) is 30.7. The molecule has 0 aliphatic heterocycles. The van der Waals surface area contributed by atoms with Gasteiger partial charge in [0.1, 0.15) is 11.7 Å². The number of hydrogen-bond acceptors (Lipinski definition) is 4. The van der Waals surface area contributed by atoms with Crippen LogP contribution in [0.5, 0.6) is 0 Å². The van der Waals surface area contributed by atoms with E-state index >= 15 is 0 Å². The first kappa shape index (κ1) is 14.0. The van der Waals surface area contributed by atoms with Crippen molar-refractivity contribution in [2.24, 2.45) is 0 Å². The molecule has 0 saturated carbocycles. The maximum absolute atomic E-state index is 12.1. The molecule has 20 heavy (non-hydrogen) atoms. The normalized spacial score (nSPS) is 11.9. The van der Waals surface area contributed by atoms with E-state index in [0.29, 0.717) is 17.0 Å². The molecule has 2 aromatic rings. The predicted octanol–water partition coefficient (Wildman–Crippen LogP) is 2.30. The molecule has 0 spiro atoms. The van der Waals surface area contributed by atoms with Gasteiger partial charge in [0.15, 0.2) is 0 Å². The molecular weight excluding hydrogens is 256 g/mol. The van der Waals surface area contributed by atoms with Crippen molar-refractivity contribution in [1.82, 2.24) is 9.97 Å². The Bertz CT molecular complexity index is 677. The van der Waals surface area contributed by atoms with Gasteiger partial charge in [-0.25, -0.2) is 4.79 Å². The molecule has 1 N–H and O–H groups in total. The largest absolute Gasteiger partial charge is 0.452 e. The molecule has 0 amide bonds. The highest BCUT2D eigenvalue weighted by molar-refractivity contribution is 5.90. The first-order valence-electron chi connectivity index (χ1n) is 6.31. The van der Waals surface area contributed by atoms with Crippen molar-refractivity contribution in [2.45, 2.75) is 26.9 Å². The fourth-order valence-corrected chi connectivity index (χ4v) is 2.00. The number of H-pyrrole nitrogens is 1. The second-order valence-electron chi connectivity index (χ2n) is 4.64. The summed E-state index contributed by atoms with van der Waals surface area (Å²) in [7, 11) is 0. The highest BCUT2D eigenvalue weighted by atomic mass is 16.5. The van der Waals surface area contributed by atoms with Gasteiger partial charge >= 0.3 is 5.97 Å². The average molecular weight is 272 g/mol. The van der Waals surface area contributed by atoms with Gasteiger partial charge in [-0.1, -0.05) is 6.07 Å². The highest BCUT2D eigenvalue weighted by Gasteiger charge is 2.19. The predicted molar refractivity (Wildman–Crippen MR) is 74.6 cm³/mol. The number of hydrogen-bond donors (Lipinski definition) is 1. The van der Waals surface area contributed by atoms with Gasteiger partial charge in [-0.05, 0) is 44.5 Å². The molecule has 1 atom stereocenters. The van der Waals surface area contributed by atoms with Gasteiger partial charge < -0.3 is 9.72 Å². The van der Waals surface area contributed by atoms with Crippen molar-refractivity contribution in [3.8, 4) is 0 Å². The molecule has 0 aromatic carbocycles. The molecule has 2 heterocycles. The van der Waals surface area contributed by atoms with Gasteiger partial charge in [-0.15, -0.1) is 0 Å². The Balaban J connectivity index is 2.23. The summed E-state index contributed by atoms with van der Waals surface area (Å²) >= 11 is 0. The van der Waals surface area contributed by atoms with E-state index in [9.17, 15) is 9.59 Å². The van der Waals surface area contributed by atoms with Crippen LogP contribution < -0.4 is 5.56 Å². The summed E-state index contributed by atoms with van der Waals surface area (Å²) < 4.78 is 5.30. The molecule has 0 bridgehead atoms. The first-order chi connectivity index (χ1) is 9.49. The lowest BCUT2D eigenvalue weighted by Gasteiger charge is -2.13. The molecule has 0 saturated heterocycles. The molecule has 104 valence electrons. The quantitative estimate of drug-likeness (QED) is 0.870. The van der Waals surface area contributed by atoms with Crippen LogP contribution in [-0.2, 0) is 4.74 Å². The summed E-state index contributed by atoms with van der Waals surface area (Å²) in [5, 5.41) is 0. The molecule has 1 unspecified atom stereocenters. The second kappa shape index (κ2) is 5.69. The Morgan fingerprint density at radius 1 is 1.35 bits per heavy atom. The number of esters is 1. The van der Waals surface area contributed by atoms with Crippen LogP contribution in [0.25, 0.3) is 0 Å². The van der Waals surface area contributed by atoms with Crippen molar-refractivity contribution >= 4 is 5.97 Å². The van der Waals surface area contributed by atoms with E-state index in [1.807, 2.05) is 6.07 Å². The third-order valence-corrected chi connectivity index (χ3v) is 2.96. The second-order valence-corrected chi connectivity index (χ2v) is 4.64. The zero-order valence-electron chi connectivity index (χ0n) is 11.6. The molecule has 5 heteroatoms. The number of pyridine rings is 2. The van der Waals surface area contributed by atoms with Gasteiger partial charge in [0.2, 0.25) is 0 Å². The molecule has 0 fully saturated rings. The number of ether oxygens (including phenoxy) is 1. The summed E-state index contributed by atoms with van der Waals surface area (Å²) in [6, 6.07) is 7.11. The number of aromatic nitrogens is 2. The third kappa shape index (κ3) is 2.93. The summed E-state index contributed by atoms with van der Waals surface area (Å²) in [6.07, 6.45) is 1.12. The monoisotopic (exact) mass is 272 g/mol. The highest BCUT2D eigenvalue weighted by Crippen LogP contribution is 2.16. The van der Waals surface area contributed by atoms with E-state index in [-0.39, 0.29) is 5.56 Å². The van der Waals surface area contributed by atoms with Gasteiger partial charge in [0, 0.05) is 11.9 Å². The number of nitrogens with zero attached hydrogens (tertiary/aromatic N) is 1. The van der Waals surface area contributed by atoms with E-state index in [1.54, 1.807) is 45.2 Å². The van der Waals surface area contributed by atoms with Crippen LogP contribution in [0.3, 0.4) is 0 Å². The maximum atomic E-state index is 12.1. The SMILES string of the molecule is Cc1cc(C)c(C(=O)OC(C)c2ccccn2)c(=O)[nH]1.